The van der Waals surface area contributed by atoms with E-state index in [2.05, 4.69) is 4.74 Å². The molecular formula is C21H15O4. The van der Waals surface area contributed by atoms with Crippen LogP contribution in [0.15, 0.2) is 91.0 Å². The molecule has 0 aliphatic carbocycles. The molecule has 0 saturated heterocycles. The van der Waals surface area contributed by atoms with Crippen LogP contribution >= 0.6 is 0 Å². The van der Waals surface area contributed by atoms with Crippen LogP contribution in [0.25, 0.3) is 0 Å². The highest BCUT2D eigenvalue weighted by Gasteiger charge is 2.41. The summed E-state index contributed by atoms with van der Waals surface area (Å²) >= 11 is 0. The van der Waals surface area contributed by atoms with Crippen molar-refractivity contribution >= 4 is 12.6 Å². The fraction of sp³-hybridized carbons (Fsp3) is 0.0476. The average Bonchev–Trinajstić information content (AvgIpc) is 2.68. The molecule has 0 bridgehead atoms. The molecule has 123 valence electrons. The van der Waals surface area contributed by atoms with Gasteiger partial charge in [-0.25, -0.2) is 9.59 Å². The highest BCUT2D eigenvalue weighted by Crippen LogP contribution is 2.40. The molecule has 0 unspecified atom stereocenters. The zero-order valence-electron chi connectivity index (χ0n) is 13.3. The normalized spacial score (nSPS) is 10.7. The van der Waals surface area contributed by atoms with E-state index in [4.69, 9.17) is 4.74 Å². The number of carbonyl (C=O) groups is 1. The van der Waals surface area contributed by atoms with Gasteiger partial charge in [-0.05, 0) is 0 Å². The Balaban J connectivity index is 2.27. The van der Waals surface area contributed by atoms with Gasteiger partial charge < -0.3 is 9.47 Å². The number of rotatable bonds is 5. The second-order valence-electron chi connectivity index (χ2n) is 5.32. The monoisotopic (exact) mass is 331 g/mol. The third-order valence-electron chi connectivity index (χ3n) is 3.90. The number of benzene rings is 3. The lowest BCUT2D eigenvalue weighted by Gasteiger charge is -2.34. The summed E-state index contributed by atoms with van der Waals surface area (Å²) in [5, 5.41) is 0. The Kier molecular flexibility index (Phi) is 4.90. The van der Waals surface area contributed by atoms with Crippen LogP contribution in [0, 0.1) is 0 Å². The van der Waals surface area contributed by atoms with Gasteiger partial charge in [0.25, 0.3) is 0 Å². The van der Waals surface area contributed by atoms with Crippen LogP contribution in [0.5, 0.6) is 0 Å². The summed E-state index contributed by atoms with van der Waals surface area (Å²) in [6, 6.07) is 27.9. The molecule has 3 aromatic rings. The van der Waals surface area contributed by atoms with Crippen molar-refractivity contribution in [2.24, 2.45) is 0 Å². The first-order valence-corrected chi connectivity index (χ1v) is 7.71. The quantitative estimate of drug-likeness (QED) is 0.399. The average molecular weight is 331 g/mol. The minimum Gasteiger partial charge on any atom is -0.412 e. The molecule has 25 heavy (non-hydrogen) atoms. The first-order valence-electron chi connectivity index (χ1n) is 7.71. The van der Waals surface area contributed by atoms with Gasteiger partial charge in [0, 0.05) is 16.7 Å². The molecule has 0 aromatic heterocycles. The standard InChI is InChI=1S/C21H15O4/c22-16-24-20(23)25-21(17-10-4-1-5-11-17,18-12-6-2-7-13-18)19-14-8-3-9-15-19/h1-15H. The molecule has 3 aromatic carbocycles. The van der Waals surface area contributed by atoms with Gasteiger partial charge in [-0.3, -0.25) is 0 Å². The molecule has 0 aliphatic rings. The van der Waals surface area contributed by atoms with Gasteiger partial charge in [0.15, 0.2) is 5.60 Å². The molecule has 0 aliphatic heterocycles. The van der Waals surface area contributed by atoms with Crippen molar-refractivity contribution in [3.05, 3.63) is 108 Å². The fourth-order valence-electron chi connectivity index (χ4n) is 2.88. The van der Waals surface area contributed by atoms with Gasteiger partial charge in [0.1, 0.15) is 0 Å². The smallest absolute Gasteiger partial charge is 0.412 e. The summed E-state index contributed by atoms with van der Waals surface area (Å²) in [6.45, 7) is 1.12. The number of hydrogen-bond acceptors (Lipinski definition) is 4. The minimum absolute atomic E-state index is 0.732. The van der Waals surface area contributed by atoms with Crippen molar-refractivity contribution in [1.82, 2.24) is 0 Å². The first kappa shape index (κ1) is 16.5. The van der Waals surface area contributed by atoms with Crippen LogP contribution in [-0.4, -0.2) is 12.6 Å². The Bertz CT molecular complexity index is 733. The maximum Gasteiger partial charge on any atom is 0.518 e. The third kappa shape index (κ3) is 3.28. The molecule has 4 heteroatoms. The van der Waals surface area contributed by atoms with E-state index >= 15 is 0 Å². The van der Waals surface area contributed by atoms with E-state index in [1.165, 1.54) is 0 Å². The van der Waals surface area contributed by atoms with E-state index in [0.717, 1.165) is 23.2 Å². The molecule has 0 N–H and O–H groups in total. The summed E-state index contributed by atoms with van der Waals surface area (Å²) in [7, 11) is 0. The summed E-state index contributed by atoms with van der Waals surface area (Å²) in [5.74, 6) is 0. The zero-order chi connectivity index (χ0) is 17.5. The van der Waals surface area contributed by atoms with Crippen LogP contribution in [0.2, 0.25) is 0 Å². The third-order valence-corrected chi connectivity index (χ3v) is 3.90. The van der Waals surface area contributed by atoms with E-state index in [0.29, 0.717) is 0 Å². The van der Waals surface area contributed by atoms with E-state index in [1.807, 2.05) is 91.0 Å². The van der Waals surface area contributed by atoms with Gasteiger partial charge in [-0.1, -0.05) is 91.0 Å². The Labute approximate surface area is 145 Å². The van der Waals surface area contributed by atoms with Crippen molar-refractivity contribution in [2.75, 3.05) is 0 Å². The molecule has 0 spiro atoms. The molecule has 3 rings (SSSR count). The van der Waals surface area contributed by atoms with Gasteiger partial charge in [-0.15, -0.1) is 0 Å². The maximum atomic E-state index is 12.1. The van der Waals surface area contributed by atoms with E-state index in [-0.39, 0.29) is 0 Å². The van der Waals surface area contributed by atoms with E-state index in [9.17, 15) is 9.59 Å². The van der Waals surface area contributed by atoms with E-state index in [1.54, 1.807) is 0 Å². The van der Waals surface area contributed by atoms with Crippen molar-refractivity contribution in [3.8, 4) is 0 Å². The number of ether oxygens (including phenoxy) is 2. The molecule has 4 nitrogen and oxygen atoms in total. The molecule has 0 saturated carbocycles. The lowest BCUT2D eigenvalue weighted by atomic mass is 9.80. The number of carbonyl (C=O) groups excluding carboxylic acids is 2. The summed E-state index contributed by atoms with van der Waals surface area (Å²) in [6.07, 6.45) is -1.12. The van der Waals surface area contributed by atoms with Gasteiger partial charge >= 0.3 is 12.6 Å². The topological polar surface area (TPSA) is 52.6 Å². The fourth-order valence-corrected chi connectivity index (χ4v) is 2.88. The zero-order valence-corrected chi connectivity index (χ0v) is 13.3. The summed E-state index contributed by atoms with van der Waals surface area (Å²) in [4.78, 5) is 22.5. The molecule has 1 radical (unpaired) electrons. The van der Waals surface area contributed by atoms with Crippen molar-refractivity contribution in [1.29, 1.82) is 0 Å². The van der Waals surface area contributed by atoms with Crippen molar-refractivity contribution in [2.45, 2.75) is 5.60 Å². The van der Waals surface area contributed by atoms with Crippen LogP contribution in [0.4, 0.5) is 4.79 Å². The summed E-state index contributed by atoms with van der Waals surface area (Å²) < 4.78 is 10.0. The Morgan fingerprint density at radius 1 is 0.680 bits per heavy atom. The van der Waals surface area contributed by atoms with Gasteiger partial charge in [-0.2, -0.15) is 0 Å². The largest absolute Gasteiger partial charge is 0.518 e. The molecule has 0 fully saturated rings. The molecule has 0 heterocycles. The second-order valence-corrected chi connectivity index (χ2v) is 5.32. The SMILES string of the molecule is O=[C]OC(=O)OC(c1ccccc1)(c1ccccc1)c1ccccc1. The predicted octanol–water partition coefficient (Wildman–Crippen LogP) is 4.20. The van der Waals surface area contributed by atoms with E-state index < -0.39 is 11.8 Å². The Morgan fingerprint density at radius 2 is 1.04 bits per heavy atom. The Hall–Kier alpha value is -3.40. The highest BCUT2D eigenvalue weighted by molar-refractivity contribution is 5.71. The van der Waals surface area contributed by atoms with Gasteiger partial charge in [0.05, 0.1) is 0 Å². The predicted molar refractivity (Wildman–Crippen MR) is 92.5 cm³/mol. The molecule has 0 amide bonds. The molecular weight excluding hydrogens is 316 g/mol. The minimum atomic E-state index is -1.25. The van der Waals surface area contributed by atoms with Crippen LogP contribution in [0.3, 0.4) is 0 Å². The summed E-state index contributed by atoms with van der Waals surface area (Å²) in [5.41, 5.74) is 0.943. The number of hydrogen-bond donors (Lipinski definition) is 0. The van der Waals surface area contributed by atoms with Crippen molar-refractivity contribution < 1.29 is 19.1 Å². The lowest BCUT2D eigenvalue weighted by Crippen LogP contribution is -2.35. The highest BCUT2D eigenvalue weighted by atomic mass is 16.7. The Morgan fingerprint density at radius 3 is 1.36 bits per heavy atom. The van der Waals surface area contributed by atoms with Crippen molar-refractivity contribution in [3.63, 3.8) is 0 Å². The molecule has 0 atom stereocenters. The van der Waals surface area contributed by atoms with Crippen LogP contribution in [-0.2, 0) is 19.9 Å². The first-order chi connectivity index (χ1) is 12.3. The lowest BCUT2D eigenvalue weighted by molar-refractivity contribution is 0.0284. The second kappa shape index (κ2) is 7.45. The van der Waals surface area contributed by atoms with Crippen LogP contribution in [0.1, 0.15) is 16.7 Å². The maximum absolute atomic E-state index is 12.1. The van der Waals surface area contributed by atoms with Crippen LogP contribution < -0.4 is 0 Å². The van der Waals surface area contributed by atoms with Gasteiger partial charge in [0.2, 0.25) is 0 Å².